The van der Waals surface area contributed by atoms with Gasteiger partial charge in [-0.05, 0) is 0 Å². The van der Waals surface area contributed by atoms with Crippen molar-refractivity contribution < 1.29 is 216 Å². The predicted octanol–water partition coefficient (Wildman–Crippen LogP) is 15.1. The summed E-state index contributed by atoms with van der Waals surface area (Å²) in [4.78, 5) is 0. The molecule has 428 valence electrons. The second-order valence-corrected chi connectivity index (χ2v) is 13.8. The summed E-state index contributed by atoms with van der Waals surface area (Å²) in [5.41, 5.74) is 0. The molecule has 0 amide bonds. The Bertz CT molecular complexity index is 1740. The molecule has 0 aliphatic rings. The molecule has 0 heterocycles. The van der Waals surface area contributed by atoms with Crippen LogP contribution in [0.2, 0.25) is 0 Å². The second-order valence-electron chi connectivity index (χ2n) is 12.4. The van der Waals surface area contributed by atoms with Gasteiger partial charge in [-0.3, -0.25) is 0 Å². The highest BCUT2D eigenvalue weighted by atomic mass is 31.2. The molecule has 71 heavy (non-hydrogen) atoms. The monoisotopic (exact) mass is 1200 g/mol. The van der Waals surface area contributed by atoms with Crippen LogP contribution in [0.15, 0.2) is 0 Å². The number of phosphoric acid groups is 1. The summed E-state index contributed by atoms with van der Waals surface area (Å²) in [6.07, 6.45) is -55.7. The smallest absolute Gasteiger partial charge is 0.227 e. The molecule has 0 aromatic carbocycles. The zero-order valence-corrected chi connectivity index (χ0v) is 30.5. The van der Waals surface area contributed by atoms with Crippen molar-refractivity contribution in [3.8, 4) is 0 Å². The summed E-state index contributed by atoms with van der Waals surface area (Å²) >= 11 is 0. The van der Waals surface area contributed by atoms with Crippen LogP contribution in [0.3, 0.4) is 0 Å². The highest BCUT2D eigenvalue weighted by Crippen LogP contribution is 2.72. The van der Waals surface area contributed by atoms with Gasteiger partial charge in [-0.15, -0.1) is 0 Å². The summed E-state index contributed by atoms with van der Waals surface area (Å²) in [6, 6.07) is 0. The third-order valence-corrected chi connectivity index (χ3v) is 8.93. The van der Waals surface area contributed by atoms with Gasteiger partial charge < -0.3 is 0 Å². The fourth-order valence-electron chi connectivity index (χ4n) is 3.51. The minimum absolute atomic E-state index is 0.663. The van der Waals surface area contributed by atoms with E-state index >= 15 is 0 Å². The number of hydrogen-bond donors (Lipinski definition) is 0. The molecule has 0 saturated heterocycles. The van der Waals surface area contributed by atoms with E-state index in [0.717, 1.165) is 0 Å². The number of alkyl halides is 45. The Labute approximate surface area is 350 Å². The maximum atomic E-state index is 14.3. The lowest BCUT2D eigenvalue weighted by atomic mass is 9.93. The van der Waals surface area contributed by atoms with Gasteiger partial charge in [0.1, 0.15) is 0 Å². The van der Waals surface area contributed by atoms with Crippen LogP contribution in [0.1, 0.15) is 0 Å². The van der Waals surface area contributed by atoms with Crippen molar-refractivity contribution in [2.45, 2.75) is 126 Å². The van der Waals surface area contributed by atoms with Gasteiger partial charge in [0.25, 0.3) is 0 Å². The lowest BCUT2D eigenvalue weighted by Gasteiger charge is -2.43. The molecule has 50 heteroatoms. The summed E-state index contributed by atoms with van der Waals surface area (Å²) in [5, 5.41) is 0. The van der Waals surface area contributed by atoms with Crippen LogP contribution in [-0.2, 0) is 18.1 Å². The van der Waals surface area contributed by atoms with Crippen molar-refractivity contribution in [1.29, 1.82) is 0 Å². The van der Waals surface area contributed by atoms with E-state index in [-0.39, 0.29) is 0 Å². The fraction of sp³-hybridized carbons (Fsp3) is 1.00. The molecule has 0 aliphatic carbocycles. The van der Waals surface area contributed by atoms with E-state index in [9.17, 15) is 202 Å². The highest BCUT2D eigenvalue weighted by molar-refractivity contribution is 7.48. The largest absolute Gasteiger partial charge is 0.489 e. The van der Waals surface area contributed by atoms with Crippen LogP contribution in [0.4, 0.5) is 198 Å². The summed E-state index contributed by atoms with van der Waals surface area (Å²) in [6.45, 7) is 0. The minimum atomic E-state index is -11.5. The van der Waals surface area contributed by atoms with Crippen LogP contribution in [0.25, 0.3) is 0 Å². The molecular formula is C21F45O4P. The first-order chi connectivity index (χ1) is 29.6. The van der Waals surface area contributed by atoms with E-state index in [1.807, 2.05) is 0 Å². The molecule has 0 N–H and O–H groups in total. The van der Waals surface area contributed by atoms with E-state index in [2.05, 4.69) is 0 Å². The quantitative estimate of drug-likeness (QED) is 0.0849. The Kier molecular flexibility index (Phi) is 16.0. The predicted molar refractivity (Wildman–Crippen MR) is 118 cm³/mol. The van der Waals surface area contributed by atoms with Crippen LogP contribution >= 0.6 is 7.82 Å². The van der Waals surface area contributed by atoms with Gasteiger partial charge in [-0.2, -0.15) is 198 Å². The van der Waals surface area contributed by atoms with Crippen molar-refractivity contribution in [3.63, 3.8) is 0 Å². The molecule has 0 spiro atoms. The first-order valence-electron chi connectivity index (χ1n) is 14.3. The summed E-state index contributed by atoms with van der Waals surface area (Å²) in [5.74, 6) is -147. The average molecular weight is 1200 g/mol. The third-order valence-electron chi connectivity index (χ3n) is 7.58. The van der Waals surface area contributed by atoms with Crippen LogP contribution in [-0.4, -0.2) is 126 Å². The zero-order chi connectivity index (χ0) is 59.1. The Balaban J connectivity index is 8.75. The highest BCUT2D eigenvalue weighted by Gasteiger charge is 2.98. The number of rotatable bonds is 21. The first-order valence-corrected chi connectivity index (χ1v) is 15.8. The Morgan fingerprint density at radius 3 is 0.380 bits per heavy atom. The van der Waals surface area contributed by atoms with Gasteiger partial charge in [-0.25, -0.2) is 18.1 Å². The minimum Gasteiger partial charge on any atom is -0.227 e. The molecule has 0 aromatic rings. The van der Waals surface area contributed by atoms with Crippen molar-refractivity contribution in [2.24, 2.45) is 0 Å². The SMILES string of the molecule is O=P(OC(F)(F)C(F)(F)C(F)(F)C(F)(F)C(F)(F)C(F)(F)C(F)(F)F)(OC(F)(F)C(F)(F)C(F)(F)C(F)(F)C(F)(F)C(F)(F)C(F)(F)F)OC(F)(F)C(F)(F)C(F)(F)C(F)(F)C(F)(F)C(F)(F)C(F)(F)F. The van der Waals surface area contributed by atoms with Crippen LogP contribution in [0.5, 0.6) is 0 Å². The van der Waals surface area contributed by atoms with Crippen LogP contribution < -0.4 is 0 Å². The van der Waals surface area contributed by atoms with Crippen LogP contribution in [0, 0.1) is 0 Å². The maximum Gasteiger partial charge on any atom is 0.489 e. The molecule has 0 radical (unpaired) electrons. The topological polar surface area (TPSA) is 44.8 Å². The second kappa shape index (κ2) is 16.7. The number of phosphoric ester groups is 1. The molecular weight excluding hydrogens is 1200 g/mol. The van der Waals surface area contributed by atoms with Crippen molar-refractivity contribution in [2.75, 3.05) is 0 Å². The Hall–Kier alpha value is -3.04. The molecule has 0 atom stereocenters. The van der Waals surface area contributed by atoms with Gasteiger partial charge in [-0.1, -0.05) is 0 Å². The average Bonchev–Trinajstić information content (AvgIpc) is 3.07. The maximum absolute atomic E-state index is 14.3. The Morgan fingerprint density at radius 1 is 0.169 bits per heavy atom. The third kappa shape index (κ3) is 9.02. The molecule has 0 aromatic heterocycles. The van der Waals surface area contributed by atoms with E-state index in [1.54, 1.807) is 0 Å². The fourth-order valence-corrected chi connectivity index (χ4v) is 4.80. The number of hydrogen-bond acceptors (Lipinski definition) is 4. The van der Waals surface area contributed by atoms with Crippen molar-refractivity contribution in [1.82, 2.24) is 0 Å². The van der Waals surface area contributed by atoms with Gasteiger partial charge in [0, 0.05) is 0 Å². The van der Waals surface area contributed by atoms with Crippen molar-refractivity contribution in [3.05, 3.63) is 0 Å². The standard InChI is InChI=1S/C21F45O4P/c22-1(23,4(28,29)10(40,41)16(52,53)54)7(34,35)13(46,47)19(61,62)68-71(67,69-20(63,64)14(48,49)8(36,37)2(24,25)5(30,31)11(42,43)17(55,56)57)70-21(65,66)15(50,51)9(38,39)3(26,27)6(32,33)12(44,45)18(58,59)60. The van der Waals surface area contributed by atoms with Gasteiger partial charge in [0.15, 0.2) is 0 Å². The van der Waals surface area contributed by atoms with E-state index in [0.29, 0.717) is 13.6 Å². The molecule has 0 saturated carbocycles. The number of halogens is 45. The van der Waals surface area contributed by atoms with Gasteiger partial charge in [0.05, 0.1) is 0 Å². The molecule has 0 fully saturated rings. The molecule has 0 unspecified atom stereocenters. The van der Waals surface area contributed by atoms with E-state index < -0.39 is 134 Å². The normalized spacial score (nSPS) is 17.3. The van der Waals surface area contributed by atoms with Gasteiger partial charge >= 0.3 is 134 Å². The lowest BCUT2D eigenvalue weighted by molar-refractivity contribution is -0.476. The Morgan fingerprint density at radius 2 is 0.268 bits per heavy atom. The van der Waals surface area contributed by atoms with Gasteiger partial charge in [0.2, 0.25) is 0 Å². The summed E-state index contributed by atoms with van der Waals surface area (Å²) < 4.78 is 619. The molecule has 0 aliphatic heterocycles. The van der Waals surface area contributed by atoms with Crippen molar-refractivity contribution >= 4 is 7.82 Å². The first kappa shape index (κ1) is 68.0. The lowest BCUT2D eigenvalue weighted by Crippen LogP contribution is -2.73. The molecule has 0 rings (SSSR count). The van der Waals surface area contributed by atoms with E-state index in [1.165, 1.54) is 0 Å². The molecule has 4 nitrogen and oxygen atoms in total. The summed E-state index contributed by atoms with van der Waals surface area (Å²) in [7, 11) is -11.5. The van der Waals surface area contributed by atoms with E-state index in [4.69, 9.17) is 0 Å². The zero-order valence-electron chi connectivity index (χ0n) is 29.6. The molecule has 0 bridgehead atoms.